The van der Waals surface area contributed by atoms with Gasteiger partial charge >= 0.3 is 12.2 Å². The van der Waals surface area contributed by atoms with Crippen molar-refractivity contribution in [1.82, 2.24) is 5.32 Å². The summed E-state index contributed by atoms with van der Waals surface area (Å²) in [5.74, 6) is 0.149. The van der Waals surface area contributed by atoms with Gasteiger partial charge < -0.3 is 19.9 Å². The molecule has 0 aliphatic carbocycles. The highest BCUT2D eigenvalue weighted by atomic mass is 33.1. The minimum absolute atomic E-state index is 0.0167. The molecule has 9 nitrogen and oxygen atoms in total. The van der Waals surface area contributed by atoms with E-state index in [1.165, 1.54) is 35.1 Å². The van der Waals surface area contributed by atoms with Crippen molar-refractivity contribution >= 4 is 39.5 Å². The number of carbonyl (C=O) groups is 2. The first kappa shape index (κ1) is 22.4. The molecule has 154 valence electrons. The summed E-state index contributed by atoms with van der Waals surface area (Å²) in [5, 5.41) is 21.6. The Bertz CT molecular complexity index is 844. The lowest BCUT2D eigenvalue weighted by Crippen LogP contribution is -2.27. The van der Waals surface area contributed by atoms with Gasteiger partial charge in [0.2, 0.25) is 0 Å². The molecule has 0 spiro atoms. The van der Waals surface area contributed by atoms with Gasteiger partial charge in [-0.15, -0.1) is 0 Å². The zero-order valence-corrected chi connectivity index (χ0v) is 16.9. The van der Waals surface area contributed by atoms with Crippen LogP contribution in [0.25, 0.3) is 0 Å². The summed E-state index contributed by atoms with van der Waals surface area (Å²) < 4.78 is 9.99. The van der Waals surface area contributed by atoms with Gasteiger partial charge in [-0.05, 0) is 29.8 Å². The number of hydrogen-bond acceptors (Lipinski definition) is 8. The highest BCUT2D eigenvalue weighted by molar-refractivity contribution is 8.76. The largest absolute Gasteiger partial charge is 0.514 e. The molecule has 2 rings (SSSR count). The van der Waals surface area contributed by atoms with Gasteiger partial charge in [-0.1, -0.05) is 40.6 Å². The highest BCUT2D eigenvalue weighted by Crippen LogP contribution is 2.34. The second kappa shape index (κ2) is 11.2. The van der Waals surface area contributed by atoms with Gasteiger partial charge in [-0.2, -0.15) is 0 Å². The van der Waals surface area contributed by atoms with Crippen molar-refractivity contribution < 1.29 is 29.1 Å². The summed E-state index contributed by atoms with van der Waals surface area (Å²) in [4.78, 5) is 33.2. The molecule has 0 aliphatic heterocycles. The number of carboxylic acid groups (broad SMARTS) is 1. The second-order valence-electron chi connectivity index (χ2n) is 5.71. The molecule has 1 atom stereocenters. The SMILES string of the molecule is CC(CNC(=O)O)SSc1ccc(COC(=O)Oc2ccc([N+](=O)[O-])cc2)cc1. The predicted octanol–water partition coefficient (Wildman–Crippen LogP) is 4.71. The summed E-state index contributed by atoms with van der Waals surface area (Å²) in [6.45, 7) is 2.30. The standard InChI is InChI=1S/C18H18N2O7S2/c1-12(10-19-17(21)22)28-29-16-8-2-13(3-9-16)11-26-18(23)27-15-6-4-14(5-7-15)20(24)25/h2-9,12,19H,10-11H2,1H3,(H,21,22). The molecular weight excluding hydrogens is 420 g/mol. The van der Waals surface area contributed by atoms with E-state index in [9.17, 15) is 19.7 Å². The number of nitrogens with zero attached hydrogens (tertiary/aromatic N) is 1. The van der Waals surface area contributed by atoms with Gasteiger partial charge in [0.05, 0.1) is 4.92 Å². The molecule has 2 aromatic carbocycles. The van der Waals surface area contributed by atoms with Crippen LogP contribution < -0.4 is 10.1 Å². The van der Waals surface area contributed by atoms with Crippen LogP contribution in [0.1, 0.15) is 12.5 Å². The van der Waals surface area contributed by atoms with E-state index < -0.39 is 17.2 Å². The van der Waals surface area contributed by atoms with Crippen molar-refractivity contribution in [3.05, 3.63) is 64.2 Å². The van der Waals surface area contributed by atoms with Gasteiger partial charge in [-0.3, -0.25) is 10.1 Å². The van der Waals surface area contributed by atoms with E-state index in [-0.39, 0.29) is 23.3 Å². The summed E-state index contributed by atoms with van der Waals surface area (Å²) in [6, 6.07) is 12.5. The number of carbonyl (C=O) groups excluding carboxylic acids is 1. The van der Waals surface area contributed by atoms with Crippen LogP contribution >= 0.6 is 21.6 Å². The summed E-state index contributed by atoms with van der Waals surface area (Å²) >= 11 is 0. The molecular formula is C18H18N2O7S2. The molecule has 2 aromatic rings. The fraction of sp³-hybridized carbons (Fsp3) is 0.222. The van der Waals surface area contributed by atoms with E-state index in [1.807, 2.05) is 31.2 Å². The number of nitro groups is 1. The maximum Gasteiger partial charge on any atom is 0.514 e. The molecule has 0 radical (unpaired) electrons. The second-order valence-corrected chi connectivity index (χ2v) is 8.42. The lowest BCUT2D eigenvalue weighted by Gasteiger charge is -2.10. The lowest BCUT2D eigenvalue weighted by atomic mass is 10.2. The molecule has 1 unspecified atom stereocenters. The number of rotatable bonds is 9. The number of benzene rings is 2. The van der Waals surface area contributed by atoms with Crippen molar-refractivity contribution in [3.8, 4) is 5.75 Å². The van der Waals surface area contributed by atoms with E-state index in [2.05, 4.69) is 5.32 Å². The molecule has 2 N–H and O–H groups in total. The third-order valence-electron chi connectivity index (χ3n) is 3.38. The summed E-state index contributed by atoms with van der Waals surface area (Å²) in [5.41, 5.74) is 0.662. The Morgan fingerprint density at radius 2 is 1.83 bits per heavy atom. The van der Waals surface area contributed by atoms with Crippen LogP contribution in [0.5, 0.6) is 5.75 Å². The first-order valence-electron chi connectivity index (χ1n) is 8.31. The number of nitrogens with one attached hydrogen (secondary N) is 1. The first-order chi connectivity index (χ1) is 13.8. The van der Waals surface area contributed by atoms with E-state index in [0.29, 0.717) is 6.54 Å². The van der Waals surface area contributed by atoms with Crippen molar-refractivity contribution in [3.63, 3.8) is 0 Å². The number of hydrogen-bond donors (Lipinski definition) is 2. The normalized spacial score (nSPS) is 11.3. The summed E-state index contributed by atoms with van der Waals surface area (Å²) in [6.07, 6.45) is -1.95. The van der Waals surface area contributed by atoms with Crippen LogP contribution in [0.2, 0.25) is 0 Å². The Labute approximate surface area is 174 Å². The molecule has 1 amide bonds. The first-order valence-corrected chi connectivity index (χ1v) is 10.5. The Morgan fingerprint density at radius 1 is 1.17 bits per heavy atom. The fourth-order valence-electron chi connectivity index (χ4n) is 1.95. The van der Waals surface area contributed by atoms with Crippen LogP contribution in [-0.4, -0.2) is 34.1 Å². The Hall–Kier alpha value is -2.92. The van der Waals surface area contributed by atoms with Crippen LogP contribution in [-0.2, 0) is 11.3 Å². The van der Waals surface area contributed by atoms with Crippen LogP contribution in [0, 0.1) is 10.1 Å². The Kier molecular flexibility index (Phi) is 8.62. The summed E-state index contributed by atoms with van der Waals surface area (Å²) in [7, 11) is 3.06. The number of non-ortho nitro benzene ring substituents is 1. The van der Waals surface area contributed by atoms with E-state index in [4.69, 9.17) is 14.6 Å². The molecule has 0 saturated carbocycles. The van der Waals surface area contributed by atoms with Gasteiger partial charge in [-0.25, -0.2) is 9.59 Å². The average Bonchev–Trinajstić information content (AvgIpc) is 2.70. The van der Waals surface area contributed by atoms with E-state index >= 15 is 0 Å². The van der Waals surface area contributed by atoms with Gasteiger partial charge in [0, 0.05) is 28.8 Å². The van der Waals surface area contributed by atoms with E-state index in [0.717, 1.165) is 10.5 Å². The van der Waals surface area contributed by atoms with Crippen LogP contribution in [0.15, 0.2) is 53.4 Å². The van der Waals surface area contributed by atoms with Gasteiger partial charge in [0.25, 0.3) is 5.69 Å². The lowest BCUT2D eigenvalue weighted by molar-refractivity contribution is -0.384. The monoisotopic (exact) mass is 438 g/mol. The van der Waals surface area contributed by atoms with Crippen molar-refractivity contribution in [1.29, 1.82) is 0 Å². The molecule has 0 fully saturated rings. The minimum atomic E-state index is -1.04. The third-order valence-corrected chi connectivity index (χ3v) is 6.29. The predicted molar refractivity (Wildman–Crippen MR) is 109 cm³/mol. The molecule has 11 heteroatoms. The molecule has 0 aromatic heterocycles. The topological polar surface area (TPSA) is 128 Å². The molecule has 0 bridgehead atoms. The minimum Gasteiger partial charge on any atom is -0.465 e. The zero-order valence-electron chi connectivity index (χ0n) is 15.3. The average molecular weight is 438 g/mol. The quantitative estimate of drug-likeness (QED) is 0.188. The smallest absolute Gasteiger partial charge is 0.465 e. The van der Waals surface area contributed by atoms with Gasteiger partial charge in [0.1, 0.15) is 12.4 Å². The van der Waals surface area contributed by atoms with Crippen LogP contribution in [0.4, 0.5) is 15.3 Å². The molecule has 0 heterocycles. The maximum atomic E-state index is 11.7. The number of ether oxygens (including phenoxy) is 2. The third kappa shape index (κ3) is 8.32. The maximum absolute atomic E-state index is 11.7. The van der Waals surface area contributed by atoms with Crippen molar-refractivity contribution in [2.24, 2.45) is 0 Å². The number of amides is 1. The van der Waals surface area contributed by atoms with Crippen molar-refractivity contribution in [2.45, 2.75) is 23.7 Å². The molecule has 29 heavy (non-hydrogen) atoms. The molecule has 0 saturated heterocycles. The Balaban J connectivity index is 1.74. The number of nitro benzene ring substituents is 1. The molecule has 0 aliphatic rings. The fourth-order valence-corrected chi connectivity index (χ4v) is 3.99. The Morgan fingerprint density at radius 3 is 2.41 bits per heavy atom. The van der Waals surface area contributed by atoms with Gasteiger partial charge in [0.15, 0.2) is 0 Å². The van der Waals surface area contributed by atoms with Crippen LogP contribution in [0.3, 0.4) is 0 Å². The highest BCUT2D eigenvalue weighted by Gasteiger charge is 2.10. The zero-order chi connectivity index (χ0) is 21.2. The van der Waals surface area contributed by atoms with E-state index in [1.54, 1.807) is 10.8 Å². The van der Waals surface area contributed by atoms with Crippen molar-refractivity contribution in [2.75, 3.05) is 6.54 Å².